The van der Waals surface area contributed by atoms with Crippen molar-refractivity contribution in [3.05, 3.63) is 71.8 Å². The van der Waals surface area contributed by atoms with E-state index in [9.17, 15) is 10.2 Å². The molecule has 0 saturated carbocycles. The molecule has 8 heteroatoms. The van der Waals surface area contributed by atoms with Crippen LogP contribution in [-0.2, 0) is 9.59 Å². The van der Waals surface area contributed by atoms with Gasteiger partial charge in [-0.15, -0.1) is 0 Å². The van der Waals surface area contributed by atoms with Crippen molar-refractivity contribution in [1.29, 1.82) is 0 Å². The third-order valence-corrected chi connectivity index (χ3v) is 4.50. The summed E-state index contributed by atoms with van der Waals surface area (Å²) in [5.41, 5.74) is 1.98. The van der Waals surface area contributed by atoms with E-state index in [1.54, 1.807) is 0 Å². The number of likely N-dealkylation sites (N-methyl/N-ethyl adjacent to an activating group) is 2. The molecule has 4 atom stereocenters. The van der Waals surface area contributed by atoms with Crippen LogP contribution in [0.1, 0.15) is 37.2 Å². The second kappa shape index (κ2) is 15.1. The average Bonchev–Trinajstić information content (AvgIpc) is 2.78. The van der Waals surface area contributed by atoms with E-state index in [0.717, 1.165) is 11.1 Å². The van der Waals surface area contributed by atoms with Crippen molar-refractivity contribution in [3.8, 4) is 0 Å². The summed E-state index contributed by atoms with van der Waals surface area (Å²) in [7, 11) is 3.94. The number of carboxylic acid groups (broad SMARTS) is 2. The molecule has 6 N–H and O–H groups in total. The maximum absolute atomic E-state index is 9.76. The Balaban J connectivity index is 0.000000447. The molecule has 0 aliphatic heterocycles. The molecule has 0 amide bonds. The van der Waals surface area contributed by atoms with Gasteiger partial charge in [0.1, 0.15) is 24.3 Å². The molecule has 0 unspecified atom stereocenters. The summed E-state index contributed by atoms with van der Waals surface area (Å²) in [6.45, 7) is 4.02. The second-order valence-electron chi connectivity index (χ2n) is 6.67. The topological polar surface area (TPSA) is 154 Å². The highest BCUT2D eigenvalue weighted by Crippen LogP contribution is 2.14. The molecular weight excluding hydrogens is 388 g/mol. The van der Waals surface area contributed by atoms with E-state index in [-0.39, 0.29) is 24.3 Å². The van der Waals surface area contributed by atoms with Gasteiger partial charge in [0.2, 0.25) is 0 Å². The Morgan fingerprint density at radius 1 is 0.700 bits per heavy atom. The summed E-state index contributed by atoms with van der Waals surface area (Å²) in [6, 6.07) is 19.9. The summed E-state index contributed by atoms with van der Waals surface area (Å²) in [5, 5.41) is 41.4. The van der Waals surface area contributed by atoms with Gasteiger partial charge in [-0.3, -0.25) is 0 Å². The molecule has 0 fully saturated rings. The smallest absolute Gasteiger partial charge is 0.130 e. The Bertz CT molecular complexity index is 663. The van der Waals surface area contributed by atoms with Gasteiger partial charge in [-0.1, -0.05) is 60.7 Å². The molecule has 8 nitrogen and oxygen atoms in total. The predicted octanol–water partition coefficient (Wildman–Crippen LogP) is -2.91. The Hall–Kier alpha value is -2.78. The van der Waals surface area contributed by atoms with Crippen LogP contribution in [-0.4, -0.2) is 48.3 Å². The van der Waals surface area contributed by atoms with Crippen LogP contribution in [0.4, 0.5) is 0 Å². The fourth-order valence-electron chi connectivity index (χ4n) is 2.27. The van der Waals surface area contributed by atoms with Crippen molar-refractivity contribution in [2.75, 3.05) is 14.1 Å². The molecule has 0 aromatic heterocycles. The third kappa shape index (κ3) is 10.7. The maximum atomic E-state index is 9.76. The first kappa shape index (κ1) is 27.2. The Morgan fingerprint density at radius 2 is 0.967 bits per heavy atom. The number of nitrogens with two attached hydrogens (primary N) is 2. The number of aliphatic carboxylic acids is 2. The zero-order valence-corrected chi connectivity index (χ0v) is 17.8. The van der Waals surface area contributed by atoms with E-state index in [4.69, 9.17) is 19.8 Å². The SMILES string of the molecule is C[NH2+][C@H](C)[C@@H](O)c1ccccc1.C[NH2+][C@H](C)[C@@H](O)c1ccccc1.O=C([O-])C(=O)[O-]. The van der Waals surface area contributed by atoms with Gasteiger partial charge in [-0.25, -0.2) is 0 Å². The first-order valence-electron chi connectivity index (χ1n) is 9.62. The molecule has 0 radical (unpaired) electrons. The number of quaternary nitrogens is 2. The number of benzene rings is 2. The molecule has 166 valence electrons. The molecule has 0 spiro atoms. The number of carbonyl (C=O) groups excluding carboxylic acids is 2. The van der Waals surface area contributed by atoms with Gasteiger partial charge in [-0.05, 0) is 25.0 Å². The fourth-order valence-corrected chi connectivity index (χ4v) is 2.27. The van der Waals surface area contributed by atoms with Gasteiger partial charge in [0.15, 0.2) is 0 Å². The van der Waals surface area contributed by atoms with Crippen LogP contribution in [0.2, 0.25) is 0 Å². The standard InChI is InChI=1S/2C10H15NO.C2H2O4/c2*1-8(11-2)10(12)9-6-4-3-5-7-9;3-1(4)2(5)6/h2*3-8,10-12H,1-2H3;(H,3,4)(H,5,6)/t2*8-,10-;/m11./s1. The van der Waals surface area contributed by atoms with Gasteiger partial charge >= 0.3 is 0 Å². The predicted molar refractivity (Wildman–Crippen MR) is 107 cm³/mol. The van der Waals surface area contributed by atoms with Crippen LogP contribution in [0, 0.1) is 0 Å². The zero-order chi connectivity index (χ0) is 23.1. The van der Waals surface area contributed by atoms with Crippen LogP contribution in [0.5, 0.6) is 0 Å². The summed E-state index contributed by atoms with van der Waals surface area (Å²) in [4.78, 5) is 17.9. The third-order valence-electron chi connectivity index (χ3n) is 4.50. The minimum atomic E-state index is -2.19. The lowest BCUT2D eigenvalue weighted by molar-refractivity contribution is -0.669. The van der Waals surface area contributed by atoms with Gasteiger partial charge in [0.25, 0.3) is 0 Å². The number of hydrogen-bond donors (Lipinski definition) is 4. The Kier molecular flexibility index (Phi) is 13.7. The van der Waals surface area contributed by atoms with Gasteiger partial charge in [-0.2, -0.15) is 0 Å². The molecule has 2 aromatic rings. The van der Waals surface area contributed by atoms with Crippen molar-refractivity contribution in [2.24, 2.45) is 0 Å². The molecule has 0 aliphatic rings. The van der Waals surface area contributed by atoms with E-state index in [2.05, 4.69) is 0 Å². The van der Waals surface area contributed by atoms with Crippen LogP contribution in [0.25, 0.3) is 0 Å². The Morgan fingerprint density at radius 3 is 1.17 bits per heavy atom. The summed E-state index contributed by atoms with van der Waals surface area (Å²) in [6.07, 6.45) is -0.729. The van der Waals surface area contributed by atoms with Crippen molar-refractivity contribution in [1.82, 2.24) is 0 Å². The molecule has 0 heterocycles. The van der Waals surface area contributed by atoms with Crippen LogP contribution >= 0.6 is 0 Å². The largest absolute Gasteiger partial charge is 0.543 e. The first-order chi connectivity index (χ1) is 14.1. The monoisotopic (exact) mass is 420 g/mol. The minimum absolute atomic E-state index is 0.215. The number of aliphatic hydroxyl groups excluding tert-OH is 2. The quantitative estimate of drug-likeness (QED) is 0.367. The lowest BCUT2D eigenvalue weighted by atomic mass is 10.0. The summed E-state index contributed by atoms with van der Waals surface area (Å²) >= 11 is 0. The van der Waals surface area contributed by atoms with Crippen molar-refractivity contribution in [3.63, 3.8) is 0 Å². The van der Waals surface area contributed by atoms with Crippen molar-refractivity contribution >= 4 is 11.9 Å². The Labute approximate surface area is 177 Å². The highest BCUT2D eigenvalue weighted by atomic mass is 16.4. The molecule has 0 saturated heterocycles. The molecular formula is C22H32N2O6. The summed E-state index contributed by atoms with van der Waals surface area (Å²) < 4.78 is 0. The van der Waals surface area contributed by atoms with Crippen molar-refractivity contribution in [2.45, 2.75) is 38.1 Å². The number of hydrogen-bond acceptors (Lipinski definition) is 6. The van der Waals surface area contributed by atoms with E-state index in [1.165, 1.54) is 0 Å². The minimum Gasteiger partial charge on any atom is -0.543 e. The first-order valence-corrected chi connectivity index (χ1v) is 9.62. The molecule has 0 bridgehead atoms. The average molecular weight is 421 g/mol. The normalized spacial score (nSPS) is 13.9. The highest BCUT2D eigenvalue weighted by molar-refractivity contribution is 6.25. The number of carbonyl (C=O) groups is 2. The number of rotatable bonds is 6. The molecule has 2 rings (SSSR count). The van der Waals surface area contributed by atoms with E-state index >= 15 is 0 Å². The van der Waals surface area contributed by atoms with Crippen LogP contribution < -0.4 is 20.8 Å². The molecule has 2 aromatic carbocycles. The van der Waals surface area contributed by atoms with Gasteiger partial charge in [0, 0.05) is 0 Å². The highest BCUT2D eigenvalue weighted by Gasteiger charge is 2.17. The van der Waals surface area contributed by atoms with Gasteiger partial charge in [0.05, 0.1) is 26.0 Å². The van der Waals surface area contributed by atoms with E-state index in [1.807, 2.05) is 99.2 Å². The molecule has 0 aliphatic carbocycles. The molecule has 30 heavy (non-hydrogen) atoms. The van der Waals surface area contributed by atoms with Crippen LogP contribution in [0.15, 0.2) is 60.7 Å². The van der Waals surface area contributed by atoms with E-state index < -0.39 is 11.9 Å². The lowest BCUT2D eigenvalue weighted by Crippen LogP contribution is -2.86. The van der Waals surface area contributed by atoms with Crippen LogP contribution in [0.3, 0.4) is 0 Å². The fraction of sp³-hybridized carbons (Fsp3) is 0.364. The summed E-state index contributed by atoms with van der Waals surface area (Å²) in [5.74, 6) is -4.37. The van der Waals surface area contributed by atoms with Gasteiger partial charge < -0.3 is 40.6 Å². The zero-order valence-electron chi connectivity index (χ0n) is 17.8. The number of carboxylic acids is 2. The number of aliphatic hydroxyl groups is 2. The van der Waals surface area contributed by atoms with Crippen molar-refractivity contribution < 1.29 is 40.6 Å². The lowest BCUT2D eigenvalue weighted by Gasteiger charge is -2.15. The second-order valence-corrected chi connectivity index (χ2v) is 6.67. The maximum Gasteiger partial charge on any atom is 0.130 e. The van der Waals surface area contributed by atoms with E-state index in [0.29, 0.717) is 0 Å².